The number of hydrogen-bond acceptors (Lipinski definition) is 3. The Labute approximate surface area is 120 Å². The SMILES string of the molecule is COc1cccc(Cl)c1CN(C)CC1CCNCC1. The first-order valence-corrected chi connectivity index (χ1v) is 7.29. The van der Waals surface area contributed by atoms with Gasteiger partial charge < -0.3 is 15.0 Å². The lowest BCUT2D eigenvalue weighted by Crippen LogP contribution is -2.34. The van der Waals surface area contributed by atoms with Crippen LogP contribution in [0.3, 0.4) is 0 Å². The predicted molar refractivity (Wildman–Crippen MR) is 79.9 cm³/mol. The zero-order valence-electron chi connectivity index (χ0n) is 11.8. The summed E-state index contributed by atoms with van der Waals surface area (Å²) in [6, 6.07) is 5.83. The van der Waals surface area contributed by atoms with Crippen LogP contribution in [0.4, 0.5) is 0 Å². The highest BCUT2D eigenvalue weighted by atomic mass is 35.5. The summed E-state index contributed by atoms with van der Waals surface area (Å²) >= 11 is 6.28. The number of methoxy groups -OCH3 is 1. The van der Waals surface area contributed by atoms with Gasteiger partial charge in [0.2, 0.25) is 0 Å². The number of nitrogens with zero attached hydrogens (tertiary/aromatic N) is 1. The summed E-state index contributed by atoms with van der Waals surface area (Å²) in [7, 11) is 3.85. The minimum atomic E-state index is 0.788. The molecular formula is C15H23ClN2O. The van der Waals surface area contributed by atoms with Gasteiger partial charge in [-0.15, -0.1) is 0 Å². The number of nitrogens with one attached hydrogen (secondary N) is 1. The number of hydrogen-bond donors (Lipinski definition) is 1. The molecule has 1 aromatic carbocycles. The van der Waals surface area contributed by atoms with Crippen LogP contribution in [-0.4, -0.2) is 38.7 Å². The third-order valence-corrected chi connectivity index (χ3v) is 4.11. The summed E-state index contributed by atoms with van der Waals surface area (Å²) in [5, 5.41) is 4.19. The van der Waals surface area contributed by atoms with Crippen LogP contribution in [0.1, 0.15) is 18.4 Å². The van der Waals surface area contributed by atoms with Gasteiger partial charge in [0, 0.05) is 23.7 Å². The van der Waals surface area contributed by atoms with Crippen LogP contribution in [0.15, 0.2) is 18.2 Å². The molecule has 1 saturated heterocycles. The minimum Gasteiger partial charge on any atom is -0.496 e. The largest absolute Gasteiger partial charge is 0.496 e. The Balaban J connectivity index is 1.96. The summed E-state index contributed by atoms with van der Waals surface area (Å²) < 4.78 is 5.40. The zero-order chi connectivity index (χ0) is 13.7. The fourth-order valence-electron chi connectivity index (χ4n) is 2.72. The maximum atomic E-state index is 6.28. The number of halogens is 1. The van der Waals surface area contributed by atoms with E-state index < -0.39 is 0 Å². The van der Waals surface area contributed by atoms with Crippen LogP contribution in [-0.2, 0) is 6.54 Å². The highest BCUT2D eigenvalue weighted by Gasteiger charge is 2.17. The molecule has 4 heteroatoms. The number of rotatable bonds is 5. The molecule has 0 aromatic heterocycles. The van der Waals surface area contributed by atoms with E-state index in [4.69, 9.17) is 16.3 Å². The van der Waals surface area contributed by atoms with Gasteiger partial charge in [-0.25, -0.2) is 0 Å². The molecule has 2 rings (SSSR count). The summed E-state index contributed by atoms with van der Waals surface area (Å²) in [4.78, 5) is 2.35. The van der Waals surface area contributed by atoms with Crippen molar-refractivity contribution in [2.75, 3.05) is 33.8 Å². The van der Waals surface area contributed by atoms with E-state index in [1.165, 1.54) is 12.8 Å². The number of piperidine rings is 1. The topological polar surface area (TPSA) is 24.5 Å². The average molecular weight is 283 g/mol. The molecule has 0 radical (unpaired) electrons. The van der Waals surface area contributed by atoms with Gasteiger partial charge in [0.05, 0.1) is 7.11 Å². The van der Waals surface area contributed by atoms with E-state index >= 15 is 0 Å². The quantitative estimate of drug-likeness (QED) is 0.899. The first-order chi connectivity index (χ1) is 9.20. The second kappa shape index (κ2) is 7.13. The van der Waals surface area contributed by atoms with Crippen LogP contribution < -0.4 is 10.1 Å². The lowest BCUT2D eigenvalue weighted by Gasteiger charge is -2.28. The third kappa shape index (κ3) is 4.10. The van der Waals surface area contributed by atoms with Crippen molar-refractivity contribution in [1.29, 1.82) is 0 Å². The highest BCUT2D eigenvalue weighted by molar-refractivity contribution is 6.31. The van der Waals surface area contributed by atoms with Crippen LogP contribution in [0.2, 0.25) is 5.02 Å². The molecule has 1 aromatic rings. The highest BCUT2D eigenvalue weighted by Crippen LogP contribution is 2.27. The van der Waals surface area contributed by atoms with Crippen molar-refractivity contribution in [1.82, 2.24) is 10.2 Å². The second-order valence-corrected chi connectivity index (χ2v) is 5.72. The molecule has 1 aliphatic rings. The molecule has 0 saturated carbocycles. The standard InChI is InChI=1S/C15H23ClN2O/c1-18(10-12-6-8-17-9-7-12)11-13-14(16)4-3-5-15(13)19-2/h3-5,12,17H,6-11H2,1-2H3. The lowest BCUT2D eigenvalue weighted by molar-refractivity contribution is 0.232. The molecule has 0 aliphatic carbocycles. The minimum absolute atomic E-state index is 0.788. The molecule has 0 amide bonds. The van der Waals surface area contributed by atoms with Gasteiger partial charge in [-0.1, -0.05) is 17.7 Å². The normalized spacial score (nSPS) is 16.8. The molecule has 106 valence electrons. The maximum Gasteiger partial charge on any atom is 0.124 e. The first-order valence-electron chi connectivity index (χ1n) is 6.91. The molecule has 0 atom stereocenters. The van der Waals surface area contributed by atoms with E-state index in [0.29, 0.717) is 0 Å². The number of benzene rings is 1. The Hall–Kier alpha value is -0.770. The van der Waals surface area contributed by atoms with E-state index in [2.05, 4.69) is 17.3 Å². The Morgan fingerprint density at radius 2 is 2.11 bits per heavy atom. The van der Waals surface area contributed by atoms with Crippen LogP contribution in [0.5, 0.6) is 5.75 Å². The first kappa shape index (κ1) is 14.6. The van der Waals surface area contributed by atoms with E-state index in [9.17, 15) is 0 Å². The average Bonchev–Trinajstić information content (AvgIpc) is 2.42. The molecule has 0 unspecified atom stereocenters. The molecule has 1 heterocycles. The van der Waals surface area contributed by atoms with Crippen molar-refractivity contribution in [2.24, 2.45) is 5.92 Å². The van der Waals surface area contributed by atoms with Gasteiger partial charge >= 0.3 is 0 Å². The summed E-state index contributed by atoms with van der Waals surface area (Å²) in [6.45, 7) is 4.25. The van der Waals surface area contributed by atoms with Crippen molar-refractivity contribution in [3.05, 3.63) is 28.8 Å². The Morgan fingerprint density at radius 1 is 1.37 bits per heavy atom. The summed E-state index contributed by atoms with van der Waals surface area (Å²) in [6.07, 6.45) is 2.54. The molecule has 19 heavy (non-hydrogen) atoms. The zero-order valence-corrected chi connectivity index (χ0v) is 12.5. The fourth-order valence-corrected chi connectivity index (χ4v) is 2.95. The molecule has 1 fully saturated rings. The predicted octanol–water partition coefficient (Wildman–Crippen LogP) is 2.78. The van der Waals surface area contributed by atoms with Crippen LogP contribution in [0.25, 0.3) is 0 Å². The Kier molecular flexibility index (Phi) is 5.49. The van der Waals surface area contributed by atoms with Crippen molar-refractivity contribution < 1.29 is 4.74 Å². The van der Waals surface area contributed by atoms with E-state index in [1.54, 1.807) is 7.11 Å². The smallest absolute Gasteiger partial charge is 0.124 e. The monoisotopic (exact) mass is 282 g/mol. The van der Waals surface area contributed by atoms with Gasteiger partial charge in [0.15, 0.2) is 0 Å². The molecule has 1 N–H and O–H groups in total. The lowest BCUT2D eigenvalue weighted by atomic mass is 9.97. The third-order valence-electron chi connectivity index (χ3n) is 3.75. The van der Waals surface area contributed by atoms with Crippen molar-refractivity contribution in [3.63, 3.8) is 0 Å². The van der Waals surface area contributed by atoms with Gasteiger partial charge in [0.25, 0.3) is 0 Å². The van der Waals surface area contributed by atoms with E-state index in [0.717, 1.165) is 48.4 Å². The second-order valence-electron chi connectivity index (χ2n) is 5.31. The summed E-state index contributed by atoms with van der Waals surface area (Å²) in [5.74, 6) is 1.67. The molecular weight excluding hydrogens is 260 g/mol. The number of ether oxygens (including phenoxy) is 1. The van der Waals surface area contributed by atoms with Crippen LogP contribution in [0, 0.1) is 5.92 Å². The molecule has 3 nitrogen and oxygen atoms in total. The van der Waals surface area contributed by atoms with E-state index in [-0.39, 0.29) is 0 Å². The van der Waals surface area contributed by atoms with Crippen molar-refractivity contribution >= 4 is 11.6 Å². The Bertz CT molecular complexity index is 405. The van der Waals surface area contributed by atoms with Gasteiger partial charge in [0.1, 0.15) is 5.75 Å². The van der Waals surface area contributed by atoms with Crippen molar-refractivity contribution in [3.8, 4) is 5.75 Å². The Morgan fingerprint density at radius 3 is 2.79 bits per heavy atom. The maximum absolute atomic E-state index is 6.28. The van der Waals surface area contributed by atoms with Gasteiger partial charge in [-0.3, -0.25) is 0 Å². The fraction of sp³-hybridized carbons (Fsp3) is 0.600. The van der Waals surface area contributed by atoms with Crippen molar-refractivity contribution in [2.45, 2.75) is 19.4 Å². The molecule has 1 aliphatic heterocycles. The van der Waals surface area contributed by atoms with E-state index in [1.807, 2.05) is 18.2 Å². The van der Waals surface area contributed by atoms with Gasteiger partial charge in [-0.2, -0.15) is 0 Å². The van der Waals surface area contributed by atoms with Crippen LogP contribution >= 0.6 is 11.6 Å². The molecule has 0 spiro atoms. The van der Waals surface area contributed by atoms with Gasteiger partial charge in [-0.05, 0) is 51.0 Å². The summed E-state index contributed by atoms with van der Waals surface area (Å²) in [5.41, 5.74) is 1.09. The molecule has 0 bridgehead atoms.